The molecule has 0 unspecified atom stereocenters. The fourth-order valence-electron chi connectivity index (χ4n) is 3.31. The molecule has 30 heavy (non-hydrogen) atoms. The van der Waals surface area contributed by atoms with E-state index in [0.29, 0.717) is 34.2 Å². The monoisotopic (exact) mass is 431 g/mol. The standard InChI is InChI=1S/C22H26ClN3O4/c1-4-30-20-8-6-15(13-17(20)23)21(27)24-18-14-16(22(28)29-3)5-7-19(18)26-11-9-25(2)10-12-26/h5-8,13-14H,4,9-12H2,1-3H3,(H,24,27). The molecule has 0 atom stereocenters. The Morgan fingerprint density at radius 3 is 2.40 bits per heavy atom. The number of hydrogen-bond donors (Lipinski definition) is 1. The summed E-state index contributed by atoms with van der Waals surface area (Å²) in [5.41, 5.74) is 2.19. The molecule has 0 spiro atoms. The summed E-state index contributed by atoms with van der Waals surface area (Å²) in [4.78, 5) is 29.4. The van der Waals surface area contributed by atoms with Crippen molar-refractivity contribution in [1.29, 1.82) is 0 Å². The van der Waals surface area contributed by atoms with Gasteiger partial charge in [-0.15, -0.1) is 0 Å². The Kier molecular flexibility index (Phi) is 7.18. The van der Waals surface area contributed by atoms with Gasteiger partial charge in [0.25, 0.3) is 5.91 Å². The summed E-state index contributed by atoms with van der Waals surface area (Å²) >= 11 is 6.23. The van der Waals surface area contributed by atoms with Crippen LogP contribution in [0.15, 0.2) is 36.4 Å². The highest BCUT2D eigenvalue weighted by Gasteiger charge is 2.20. The highest BCUT2D eigenvalue weighted by Crippen LogP contribution is 2.30. The van der Waals surface area contributed by atoms with Crippen LogP contribution in [0.5, 0.6) is 5.75 Å². The third kappa shape index (κ3) is 5.04. The number of carbonyl (C=O) groups excluding carboxylic acids is 2. The van der Waals surface area contributed by atoms with Crippen LogP contribution < -0.4 is 15.0 Å². The summed E-state index contributed by atoms with van der Waals surface area (Å²) in [5.74, 6) is -0.251. The van der Waals surface area contributed by atoms with Crippen LogP contribution in [0.3, 0.4) is 0 Å². The van der Waals surface area contributed by atoms with Gasteiger partial charge in [0.15, 0.2) is 0 Å². The molecule has 0 bridgehead atoms. The summed E-state index contributed by atoms with van der Waals surface area (Å²) in [7, 11) is 3.41. The van der Waals surface area contributed by atoms with Gasteiger partial charge in [0.2, 0.25) is 0 Å². The maximum atomic E-state index is 12.9. The maximum Gasteiger partial charge on any atom is 0.337 e. The Morgan fingerprint density at radius 1 is 1.07 bits per heavy atom. The first-order valence-electron chi connectivity index (χ1n) is 9.82. The summed E-state index contributed by atoms with van der Waals surface area (Å²) in [6.45, 7) is 5.84. The topological polar surface area (TPSA) is 71.1 Å². The largest absolute Gasteiger partial charge is 0.492 e. The summed E-state index contributed by atoms with van der Waals surface area (Å²) in [6.07, 6.45) is 0. The van der Waals surface area contributed by atoms with E-state index in [9.17, 15) is 9.59 Å². The van der Waals surface area contributed by atoms with E-state index in [-0.39, 0.29) is 5.91 Å². The van der Waals surface area contributed by atoms with Crippen LogP contribution in [0.4, 0.5) is 11.4 Å². The van der Waals surface area contributed by atoms with Crippen molar-refractivity contribution in [1.82, 2.24) is 4.90 Å². The zero-order chi connectivity index (χ0) is 21.7. The van der Waals surface area contributed by atoms with Gasteiger partial charge in [0.05, 0.1) is 35.7 Å². The van der Waals surface area contributed by atoms with Gasteiger partial charge in [0, 0.05) is 31.7 Å². The van der Waals surface area contributed by atoms with Gasteiger partial charge in [-0.25, -0.2) is 4.79 Å². The molecule has 0 aliphatic carbocycles. The molecule has 0 radical (unpaired) electrons. The minimum Gasteiger partial charge on any atom is -0.492 e. The Morgan fingerprint density at radius 2 is 1.77 bits per heavy atom. The highest BCUT2D eigenvalue weighted by atomic mass is 35.5. The number of anilines is 2. The fourth-order valence-corrected chi connectivity index (χ4v) is 3.55. The summed E-state index contributed by atoms with van der Waals surface area (Å²) in [6, 6.07) is 10.1. The molecule has 7 nitrogen and oxygen atoms in total. The number of nitrogens with one attached hydrogen (secondary N) is 1. The lowest BCUT2D eigenvalue weighted by molar-refractivity contribution is 0.0600. The lowest BCUT2D eigenvalue weighted by Gasteiger charge is -2.35. The molecule has 1 aliphatic rings. The second-order valence-corrected chi connectivity index (χ2v) is 7.45. The van der Waals surface area contributed by atoms with Gasteiger partial charge in [-0.1, -0.05) is 11.6 Å². The molecule has 1 fully saturated rings. The van der Waals surface area contributed by atoms with Crippen LogP contribution in [0.2, 0.25) is 5.02 Å². The van der Waals surface area contributed by atoms with Crippen molar-refractivity contribution in [2.45, 2.75) is 6.92 Å². The Bertz CT molecular complexity index is 927. The molecule has 2 aromatic rings. The second-order valence-electron chi connectivity index (χ2n) is 7.05. The second kappa shape index (κ2) is 9.82. The maximum absolute atomic E-state index is 12.9. The van der Waals surface area contributed by atoms with Gasteiger partial charge in [0.1, 0.15) is 5.75 Å². The normalized spacial score (nSPS) is 14.3. The predicted octanol–water partition coefficient (Wildman–Crippen LogP) is 3.53. The summed E-state index contributed by atoms with van der Waals surface area (Å²) in [5, 5.41) is 3.30. The SMILES string of the molecule is CCOc1ccc(C(=O)Nc2cc(C(=O)OC)ccc2N2CCN(C)CC2)cc1Cl. The number of halogens is 1. The molecule has 1 saturated heterocycles. The quantitative estimate of drug-likeness (QED) is 0.705. The highest BCUT2D eigenvalue weighted by molar-refractivity contribution is 6.32. The van der Waals surface area contributed by atoms with Crippen molar-refractivity contribution < 1.29 is 19.1 Å². The molecule has 160 valence electrons. The number of amides is 1. The smallest absolute Gasteiger partial charge is 0.337 e. The fraction of sp³-hybridized carbons (Fsp3) is 0.364. The molecule has 3 rings (SSSR count). The lowest BCUT2D eigenvalue weighted by Crippen LogP contribution is -2.44. The van der Waals surface area contributed by atoms with Crippen molar-refractivity contribution in [2.75, 3.05) is 57.2 Å². The van der Waals surface area contributed by atoms with Crippen LogP contribution in [0.1, 0.15) is 27.6 Å². The van der Waals surface area contributed by atoms with Crippen molar-refractivity contribution in [3.63, 3.8) is 0 Å². The number of nitrogens with zero attached hydrogens (tertiary/aromatic N) is 2. The number of likely N-dealkylation sites (N-methyl/N-ethyl adjacent to an activating group) is 1. The number of benzene rings is 2. The third-order valence-electron chi connectivity index (χ3n) is 5.00. The Hall–Kier alpha value is -2.77. The van der Waals surface area contributed by atoms with Gasteiger partial charge < -0.3 is 24.6 Å². The first-order valence-corrected chi connectivity index (χ1v) is 10.2. The van der Waals surface area contributed by atoms with Crippen LogP contribution in [-0.4, -0.2) is 63.7 Å². The van der Waals surface area contributed by atoms with Gasteiger partial charge in [-0.3, -0.25) is 4.79 Å². The van der Waals surface area contributed by atoms with Crippen LogP contribution in [0, 0.1) is 0 Å². The zero-order valence-corrected chi connectivity index (χ0v) is 18.2. The number of ether oxygens (including phenoxy) is 2. The van der Waals surface area contributed by atoms with Crippen LogP contribution in [0.25, 0.3) is 0 Å². The Balaban J connectivity index is 1.89. The molecular formula is C22H26ClN3O4. The molecule has 1 aliphatic heterocycles. The van der Waals surface area contributed by atoms with E-state index in [0.717, 1.165) is 31.9 Å². The molecule has 1 amide bonds. The van der Waals surface area contributed by atoms with E-state index in [1.807, 2.05) is 13.0 Å². The zero-order valence-electron chi connectivity index (χ0n) is 17.4. The summed E-state index contributed by atoms with van der Waals surface area (Å²) < 4.78 is 10.3. The van der Waals surface area contributed by atoms with Gasteiger partial charge >= 0.3 is 5.97 Å². The molecule has 0 aromatic heterocycles. The van der Waals surface area contributed by atoms with Crippen LogP contribution in [-0.2, 0) is 4.74 Å². The number of esters is 1. The van der Waals surface area contributed by atoms with Crippen molar-refractivity contribution in [2.24, 2.45) is 0 Å². The van der Waals surface area contributed by atoms with E-state index < -0.39 is 5.97 Å². The lowest BCUT2D eigenvalue weighted by atomic mass is 10.1. The minimum atomic E-state index is -0.459. The average Bonchev–Trinajstić information content (AvgIpc) is 2.75. The van der Waals surface area contributed by atoms with E-state index in [4.69, 9.17) is 21.1 Å². The predicted molar refractivity (Wildman–Crippen MR) is 118 cm³/mol. The van der Waals surface area contributed by atoms with Gasteiger partial charge in [-0.2, -0.15) is 0 Å². The van der Waals surface area contributed by atoms with Crippen LogP contribution >= 0.6 is 11.6 Å². The molecule has 8 heteroatoms. The van der Waals surface area contributed by atoms with E-state index >= 15 is 0 Å². The first-order chi connectivity index (χ1) is 14.4. The average molecular weight is 432 g/mol. The number of hydrogen-bond acceptors (Lipinski definition) is 6. The Labute approximate surface area is 181 Å². The van der Waals surface area contributed by atoms with E-state index in [2.05, 4.69) is 22.2 Å². The van der Waals surface area contributed by atoms with Crippen molar-refractivity contribution in [3.8, 4) is 5.75 Å². The van der Waals surface area contributed by atoms with E-state index in [1.54, 1.807) is 30.3 Å². The van der Waals surface area contributed by atoms with E-state index in [1.165, 1.54) is 7.11 Å². The molecule has 2 aromatic carbocycles. The number of carbonyl (C=O) groups is 2. The molecule has 1 heterocycles. The third-order valence-corrected chi connectivity index (χ3v) is 5.30. The van der Waals surface area contributed by atoms with Gasteiger partial charge in [-0.05, 0) is 50.4 Å². The molecular weight excluding hydrogens is 406 g/mol. The number of methoxy groups -OCH3 is 1. The number of piperazine rings is 1. The minimum absolute atomic E-state index is 0.322. The first kappa shape index (κ1) is 21.9. The van der Waals surface area contributed by atoms with Crippen molar-refractivity contribution >= 4 is 34.9 Å². The molecule has 0 saturated carbocycles. The molecule has 1 N–H and O–H groups in total. The van der Waals surface area contributed by atoms with Crippen molar-refractivity contribution in [3.05, 3.63) is 52.5 Å². The number of rotatable bonds is 6.